The highest BCUT2D eigenvalue weighted by Crippen LogP contribution is 2.35. The van der Waals surface area contributed by atoms with Crippen LogP contribution in [-0.4, -0.2) is 60.5 Å². The van der Waals surface area contributed by atoms with Crippen molar-refractivity contribution in [3.05, 3.63) is 62.8 Å². The number of likely N-dealkylation sites (tertiary alicyclic amines) is 1. The Balaban J connectivity index is 1.46. The maximum absolute atomic E-state index is 12.7. The monoisotopic (exact) mass is 603 g/mol. The highest BCUT2D eigenvalue weighted by molar-refractivity contribution is 5.82. The van der Waals surface area contributed by atoms with E-state index >= 15 is 0 Å². The van der Waals surface area contributed by atoms with E-state index in [9.17, 15) is 9.59 Å². The molecule has 5 rings (SSSR count). The van der Waals surface area contributed by atoms with Crippen molar-refractivity contribution in [2.24, 2.45) is 0 Å². The molecule has 1 fully saturated rings. The van der Waals surface area contributed by atoms with E-state index < -0.39 is 5.60 Å². The minimum Gasteiger partial charge on any atom is -0.444 e. The van der Waals surface area contributed by atoms with Gasteiger partial charge in [0.1, 0.15) is 5.60 Å². The van der Waals surface area contributed by atoms with E-state index in [-0.39, 0.29) is 28.8 Å². The molecule has 0 bridgehead atoms. The average Bonchev–Trinajstić information content (AvgIpc) is 3.31. The summed E-state index contributed by atoms with van der Waals surface area (Å²) in [5.74, 6) is 0. The molecule has 2 aliphatic rings. The molecule has 0 radical (unpaired) electrons. The fraction of sp³-hybridized carbons (Fsp3) is 0.588. The molecule has 10 heteroatoms. The first-order valence-corrected chi connectivity index (χ1v) is 15.8. The Morgan fingerprint density at radius 2 is 1.82 bits per heavy atom. The van der Waals surface area contributed by atoms with E-state index in [0.717, 1.165) is 58.4 Å². The minimum atomic E-state index is -0.519. The van der Waals surface area contributed by atoms with Gasteiger partial charge in [-0.15, -0.1) is 0 Å². The number of carbonyl (C=O) groups excluding carboxylic acids is 1. The number of amides is 1. The number of pyridine rings is 2. The molecule has 0 aromatic carbocycles. The average molecular weight is 604 g/mol. The van der Waals surface area contributed by atoms with Gasteiger partial charge in [-0.25, -0.2) is 14.5 Å². The summed E-state index contributed by atoms with van der Waals surface area (Å²) < 4.78 is 7.66. The topological polar surface area (TPSA) is 117 Å². The summed E-state index contributed by atoms with van der Waals surface area (Å²) in [4.78, 5) is 35.3. The van der Waals surface area contributed by atoms with E-state index in [1.807, 2.05) is 46.9 Å². The van der Waals surface area contributed by atoms with E-state index in [1.165, 1.54) is 5.57 Å². The number of hydrogen-bond donors (Lipinski definition) is 3. The Hall–Kier alpha value is -3.50. The quantitative estimate of drug-likeness (QED) is 0.339. The third-order valence-electron chi connectivity index (χ3n) is 8.38. The fourth-order valence-electron chi connectivity index (χ4n) is 6.78. The summed E-state index contributed by atoms with van der Waals surface area (Å²) in [6.45, 7) is 20.7. The predicted octanol–water partition coefficient (Wildman–Crippen LogP) is 5.53. The van der Waals surface area contributed by atoms with Crippen LogP contribution in [0.25, 0.3) is 16.6 Å². The van der Waals surface area contributed by atoms with Gasteiger partial charge in [-0.05, 0) is 110 Å². The van der Waals surface area contributed by atoms with Crippen LogP contribution in [0.5, 0.6) is 0 Å². The maximum Gasteiger partial charge on any atom is 0.410 e. The molecule has 0 aliphatic carbocycles. The first-order chi connectivity index (χ1) is 20.5. The van der Waals surface area contributed by atoms with Gasteiger partial charge < -0.3 is 25.3 Å². The summed E-state index contributed by atoms with van der Waals surface area (Å²) in [5, 5.41) is 13.1. The first kappa shape index (κ1) is 31.9. The lowest BCUT2D eigenvalue weighted by atomic mass is 9.82. The number of H-pyrrole nitrogens is 1. The molecule has 10 nitrogen and oxygen atoms in total. The first-order valence-electron chi connectivity index (χ1n) is 15.8. The zero-order chi connectivity index (χ0) is 32.0. The summed E-state index contributed by atoms with van der Waals surface area (Å²) >= 11 is 0. The Morgan fingerprint density at radius 1 is 1.11 bits per heavy atom. The highest BCUT2D eigenvalue weighted by Gasteiger charge is 2.34. The molecule has 3 N–H and O–H groups in total. The number of hydrogen-bond acceptors (Lipinski definition) is 7. The largest absolute Gasteiger partial charge is 0.444 e. The molecule has 0 atom stereocenters. The molecule has 1 saturated heterocycles. The molecule has 5 heterocycles. The van der Waals surface area contributed by atoms with Crippen molar-refractivity contribution in [2.75, 3.05) is 13.1 Å². The lowest BCUT2D eigenvalue weighted by molar-refractivity contribution is 0.0186. The van der Waals surface area contributed by atoms with Gasteiger partial charge in [0.15, 0.2) is 5.65 Å². The zero-order valence-electron chi connectivity index (χ0n) is 27.9. The van der Waals surface area contributed by atoms with Gasteiger partial charge in [0.25, 0.3) is 5.56 Å². The Bertz CT molecular complexity index is 1630. The number of piperidine rings is 1. The Kier molecular flexibility index (Phi) is 8.54. The van der Waals surface area contributed by atoms with Crippen molar-refractivity contribution in [1.82, 2.24) is 35.3 Å². The zero-order valence-corrected chi connectivity index (χ0v) is 27.9. The van der Waals surface area contributed by atoms with Gasteiger partial charge in [0, 0.05) is 53.9 Å². The molecule has 0 saturated carbocycles. The summed E-state index contributed by atoms with van der Waals surface area (Å²) in [7, 11) is 0. The normalized spacial score (nSPS) is 18.8. The molecule has 3 aromatic rings. The van der Waals surface area contributed by atoms with Crippen molar-refractivity contribution in [3.8, 4) is 0 Å². The number of fused-ring (bicyclic) bond motifs is 1. The van der Waals surface area contributed by atoms with Crippen LogP contribution in [0.1, 0.15) is 102 Å². The SMILES string of the molecule is Cc1cc(C)c(CNCc2cc(C3=CC(C)(C)NC(C)(C)C3)nc3c2cnn3C2CCN(C(=O)OC(C)(C)C)CC2)c(=O)[nH]1. The van der Waals surface area contributed by atoms with Crippen molar-refractivity contribution in [3.63, 3.8) is 0 Å². The summed E-state index contributed by atoms with van der Waals surface area (Å²) in [5.41, 5.74) is 5.88. The minimum absolute atomic E-state index is 0.0505. The van der Waals surface area contributed by atoms with Gasteiger partial charge in [0.2, 0.25) is 0 Å². The van der Waals surface area contributed by atoms with Crippen LogP contribution in [0, 0.1) is 13.8 Å². The number of aromatic amines is 1. The maximum atomic E-state index is 12.7. The summed E-state index contributed by atoms with van der Waals surface area (Å²) in [6, 6.07) is 4.31. The molecule has 3 aromatic heterocycles. The number of nitrogens with zero attached hydrogens (tertiary/aromatic N) is 4. The number of aryl methyl sites for hydroxylation is 2. The third kappa shape index (κ3) is 7.24. The number of nitrogens with one attached hydrogen (secondary N) is 3. The second-order valence-corrected chi connectivity index (χ2v) is 14.8. The van der Waals surface area contributed by atoms with Crippen molar-refractivity contribution >= 4 is 22.7 Å². The fourth-order valence-corrected chi connectivity index (χ4v) is 6.78. The van der Waals surface area contributed by atoms with Gasteiger partial charge in [-0.3, -0.25) is 4.79 Å². The van der Waals surface area contributed by atoms with Crippen molar-refractivity contribution in [1.29, 1.82) is 0 Å². The predicted molar refractivity (Wildman–Crippen MR) is 175 cm³/mol. The molecule has 0 spiro atoms. The second-order valence-electron chi connectivity index (χ2n) is 14.8. The van der Waals surface area contributed by atoms with Crippen LogP contribution in [-0.2, 0) is 17.8 Å². The van der Waals surface area contributed by atoms with Gasteiger partial charge >= 0.3 is 6.09 Å². The van der Waals surface area contributed by atoms with Gasteiger partial charge in [-0.1, -0.05) is 6.08 Å². The van der Waals surface area contributed by atoms with Crippen molar-refractivity contribution < 1.29 is 9.53 Å². The highest BCUT2D eigenvalue weighted by atomic mass is 16.6. The number of aromatic nitrogens is 4. The number of rotatable bonds is 6. The smallest absolute Gasteiger partial charge is 0.410 e. The molecule has 238 valence electrons. The molecular formula is C34H49N7O3. The van der Waals surface area contributed by atoms with E-state index in [2.05, 4.69) is 60.1 Å². The van der Waals surface area contributed by atoms with Gasteiger partial charge in [-0.2, -0.15) is 5.10 Å². The van der Waals surface area contributed by atoms with E-state index in [0.29, 0.717) is 26.2 Å². The van der Waals surface area contributed by atoms with Crippen LogP contribution in [0.2, 0.25) is 0 Å². The standard InChI is InChI=1S/C34H49N7O3/c1-21-14-22(2)37-30(42)26(21)19-35-18-23-15-28(24-16-33(6,7)39-34(8,9)17-24)38-29-27(23)20-36-41(29)25-10-12-40(13-11-25)31(43)44-32(3,4)5/h14-16,20,25,35,39H,10-13,17-19H2,1-9H3,(H,37,42). The molecule has 0 unspecified atom stereocenters. The van der Waals surface area contributed by atoms with Crippen LogP contribution in [0.3, 0.4) is 0 Å². The van der Waals surface area contributed by atoms with Crippen LogP contribution in [0.15, 0.2) is 29.2 Å². The molecule has 1 amide bonds. The van der Waals surface area contributed by atoms with Crippen LogP contribution >= 0.6 is 0 Å². The van der Waals surface area contributed by atoms with E-state index in [1.54, 1.807) is 4.90 Å². The van der Waals surface area contributed by atoms with Gasteiger partial charge in [0.05, 0.1) is 17.9 Å². The van der Waals surface area contributed by atoms with Crippen LogP contribution in [0.4, 0.5) is 4.79 Å². The second kappa shape index (κ2) is 11.8. The number of ether oxygens (including phenoxy) is 1. The lowest BCUT2D eigenvalue weighted by Crippen LogP contribution is -2.53. The van der Waals surface area contributed by atoms with Crippen molar-refractivity contribution in [2.45, 2.75) is 117 Å². The number of carbonyl (C=O) groups is 1. The third-order valence-corrected chi connectivity index (χ3v) is 8.38. The Labute approximate surface area is 260 Å². The summed E-state index contributed by atoms with van der Waals surface area (Å²) in [6.07, 6.45) is 6.34. The molecule has 2 aliphatic heterocycles. The van der Waals surface area contributed by atoms with Crippen LogP contribution < -0.4 is 16.2 Å². The lowest BCUT2D eigenvalue weighted by Gasteiger charge is -2.41. The molecule has 44 heavy (non-hydrogen) atoms. The Morgan fingerprint density at radius 3 is 2.45 bits per heavy atom. The van der Waals surface area contributed by atoms with E-state index in [4.69, 9.17) is 14.8 Å². The molecular weight excluding hydrogens is 554 g/mol.